The van der Waals surface area contributed by atoms with Crippen molar-refractivity contribution >= 4 is 41.9 Å². The predicted molar refractivity (Wildman–Crippen MR) is 83.6 cm³/mol. The zero-order valence-electron chi connectivity index (χ0n) is 10.9. The second kappa shape index (κ2) is 5.84. The van der Waals surface area contributed by atoms with Crippen LogP contribution in [0.25, 0.3) is 0 Å². The van der Waals surface area contributed by atoms with E-state index in [1.807, 2.05) is 13.8 Å². The number of rotatable bonds is 2. The molecule has 1 fully saturated rings. The van der Waals surface area contributed by atoms with Crippen LogP contribution in [0.3, 0.4) is 0 Å². The molecule has 0 saturated carbocycles. The van der Waals surface area contributed by atoms with Gasteiger partial charge in [-0.2, -0.15) is 4.31 Å². The van der Waals surface area contributed by atoms with E-state index in [2.05, 4.69) is 31.9 Å². The Morgan fingerprint density at radius 3 is 2.26 bits per heavy atom. The lowest BCUT2D eigenvalue weighted by molar-refractivity contribution is 0.204. The summed E-state index contributed by atoms with van der Waals surface area (Å²) < 4.78 is 28.8. The van der Waals surface area contributed by atoms with E-state index in [1.165, 1.54) is 0 Å². The smallest absolute Gasteiger partial charge is 0.207 e. The molecule has 0 spiro atoms. The molecule has 1 aromatic carbocycles. The summed E-state index contributed by atoms with van der Waals surface area (Å²) in [6.45, 7) is 3.97. The highest BCUT2D eigenvalue weighted by Gasteiger charge is 2.36. The standard InChI is InChI=1S/C13H17Br2NO2S/c1-9-4-3-5-10(2)16(9)19(17,18)13-7-6-11(14)8-12(13)15/h6-10H,3-5H2,1-2H3/t9-,10+. The molecule has 2 rings (SSSR count). The molecular formula is C13H17Br2NO2S. The molecule has 3 nitrogen and oxygen atoms in total. The molecule has 6 heteroatoms. The minimum Gasteiger partial charge on any atom is -0.207 e. The molecule has 0 radical (unpaired) electrons. The summed E-state index contributed by atoms with van der Waals surface area (Å²) in [4.78, 5) is 0.344. The first kappa shape index (κ1) is 15.5. The van der Waals surface area contributed by atoms with Gasteiger partial charge in [-0.1, -0.05) is 22.4 Å². The van der Waals surface area contributed by atoms with Crippen LogP contribution in [0.4, 0.5) is 0 Å². The first-order chi connectivity index (χ1) is 8.84. The molecule has 1 aliphatic heterocycles. The Balaban J connectivity index is 2.46. The molecule has 0 amide bonds. The molecular weight excluding hydrogens is 394 g/mol. The number of hydrogen-bond donors (Lipinski definition) is 0. The van der Waals surface area contributed by atoms with Gasteiger partial charge in [0.2, 0.25) is 10.0 Å². The van der Waals surface area contributed by atoms with Gasteiger partial charge in [0, 0.05) is 21.0 Å². The van der Waals surface area contributed by atoms with Crippen molar-refractivity contribution in [1.82, 2.24) is 4.31 Å². The van der Waals surface area contributed by atoms with Gasteiger partial charge in [-0.15, -0.1) is 0 Å². The van der Waals surface area contributed by atoms with Crippen molar-refractivity contribution in [2.24, 2.45) is 0 Å². The minimum atomic E-state index is -3.44. The van der Waals surface area contributed by atoms with Gasteiger partial charge in [-0.25, -0.2) is 8.42 Å². The normalized spacial score (nSPS) is 25.5. The van der Waals surface area contributed by atoms with Crippen molar-refractivity contribution in [3.63, 3.8) is 0 Å². The van der Waals surface area contributed by atoms with Crippen LogP contribution in [0.15, 0.2) is 32.0 Å². The van der Waals surface area contributed by atoms with E-state index in [0.717, 1.165) is 23.7 Å². The minimum absolute atomic E-state index is 0.0595. The van der Waals surface area contributed by atoms with E-state index in [-0.39, 0.29) is 12.1 Å². The summed E-state index contributed by atoms with van der Waals surface area (Å²) in [5, 5.41) is 0. The van der Waals surface area contributed by atoms with Crippen LogP contribution in [-0.2, 0) is 10.0 Å². The molecule has 1 saturated heterocycles. The van der Waals surface area contributed by atoms with Gasteiger partial charge in [0.1, 0.15) is 0 Å². The second-order valence-electron chi connectivity index (χ2n) is 5.04. The Labute approximate surface area is 131 Å². The largest absolute Gasteiger partial charge is 0.244 e. The Hall–Kier alpha value is 0.0900. The van der Waals surface area contributed by atoms with Gasteiger partial charge < -0.3 is 0 Å². The van der Waals surface area contributed by atoms with Crippen molar-refractivity contribution in [3.05, 3.63) is 27.1 Å². The van der Waals surface area contributed by atoms with Crippen LogP contribution < -0.4 is 0 Å². The molecule has 106 valence electrons. The zero-order valence-corrected chi connectivity index (χ0v) is 14.9. The Kier molecular flexibility index (Phi) is 4.75. The molecule has 0 unspecified atom stereocenters. The molecule has 2 atom stereocenters. The van der Waals surface area contributed by atoms with E-state index in [4.69, 9.17) is 0 Å². The third-order valence-corrected chi connectivity index (χ3v) is 7.16. The highest BCUT2D eigenvalue weighted by molar-refractivity contribution is 9.11. The Bertz CT molecular complexity index is 564. The monoisotopic (exact) mass is 409 g/mol. The van der Waals surface area contributed by atoms with Crippen molar-refractivity contribution in [1.29, 1.82) is 0 Å². The topological polar surface area (TPSA) is 37.4 Å². The van der Waals surface area contributed by atoms with Crippen molar-refractivity contribution < 1.29 is 8.42 Å². The lowest BCUT2D eigenvalue weighted by atomic mass is 10.0. The van der Waals surface area contributed by atoms with E-state index in [0.29, 0.717) is 9.37 Å². The van der Waals surface area contributed by atoms with E-state index >= 15 is 0 Å². The fraction of sp³-hybridized carbons (Fsp3) is 0.538. The van der Waals surface area contributed by atoms with E-state index < -0.39 is 10.0 Å². The lowest BCUT2D eigenvalue weighted by Gasteiger charge is -2.37. The second-order valence-corrected chi connectivity index (χ2v) is 8.62. The maximum absolute atomic E-state index is 12.8. The zero-order chi connectivity index (χ0) is 14.2. The van der Waals surface area contributed by atoms with Crippen molar-refractivity contribution in [2.75, 3.05) is 0 Å². The first-order valence-electron chi connectivity index (χ1n) is 6.32. The number of sulfonamides is 1. The Morgan fingerprint density at radius 2 is 1.74 bits per heavy atom. The van der Waals surface area contributed by atoms with E-state index in [1.54, 1.807) is 22.5 Å². The average molecular weight is 411 g/mol. The van der Waals surface area contributed by atoms with Crippen LogP contribution in [0.1, 0.15) is 33.1 Å². The van der Waals surface area contributed by atoms with Gasteiger partial charge in [-0.3, -0.25) is 0 Å². The highest BCUT2D eigenvalue weighted by atomic mass is 79.9. The van der Waals surface area contributed by atoms with Gasteiger partial charge >= 0.3 is 0 Å². The number of piperidine rings is 1. The molecule has 0 aromatic heterocycles. The summed E-state index contributed by atoms with van der Waals surface area (Å²) in [5.41, 5.74) is 0. The fourth-order valence-corrected chi connectivity index (χ4v) is 6.26. The molecule has 1 aliphatic rings. The molecule has 0 N–H and O–H groups in total. The number of benzene rings is 1. The summed E-state index contributed by atoms with van der Waals surface area (Å²) in [6, 6.07) is 5.30. The lowest BCUT2D eigenvalue weighted by Crippen LogP contribution is -2.47. The van der Waals surface area contributed by atoms with Crippen molar-refractivity contribution in [2.45, 2.75) is 50.1 Å². The first-order valence-corrected chi connectivity index (χ1v) is 9.35. The summed E-state index contributed by atoms with van der Waals surface area (Å²) in [5.74, 6) is 0. The van der Waals surface area contributed by atoms with Gasteiger partial charge in [-0.05, 0) is 60.8 Å². The van der Waals surface area contributed by atoms with Crippen LogP contribution in [0, 0.1) is 0 Å². The molecule has 0 aliphatic carbocycles. The van der Waals surface area contributed by atoms with E-state index in [9.17, 15) is 8.42 Å². The van der Waals surface area contributed by atoms with Crippen LogP contribution >= 0.6 is 31.9 Å². The Morgan fingerprint density at radius 1 is 1.16 bits per heavy atom. The molecule has 0 bridgehead atoms. The number of hydrogen-bond acceptors (Lipinski definition) is 2. The fourth-order valence-electron chi connectivity index (χ4n) is 2.67. The van der Waals surface area contributed by atoms with Crippen molar-refractivity contribution in [3.8, 4) is 0 Å². The maximum atomic E-state index is 12.8. The molecule has 19 heavy (non-hydrogen) atoms. The molecule has 1 heterocycles. The van der Waals surface area contributed by atoms with Gasteiger partial charge in [0.15, 0.2) is 0 Å². The maximum Gasteiger partial charge on any atom is 0.244 e. The number of halogens is 2. The van der Waals surface area contributed by atoms with Crippen LogP contribution in [-0.4, -0.2) is 24.8 Å². The third kappa shape index (κ3) is 3.06. The van der Waals surface area contributed by atoms with Crippen LogP contribution in [0.2, 0.25) is 0 Å². The summed E-state index contributed by atoms with van der Waals surface area (Å²) in [6.07, 6.45) is 2.95. The summed E-state index contributed by atoms with van der Waals surface area (Å²) in [7, 11) is -3.44. The predicted octanol–water partition coefficient (Wildman–Crippen LogP) is 4.16. The quantitative estimate of drug-likeness (QED) is 0.733. The van der Waals surface area contributed by atoms with Gasteiger partial charge in [0.25, 0.3) is 0 Å². The highest BCUT2D eigenvalue weighted by Crippen LogP contribution is 2.33. The van der Waals surface area contributed by atoms with Gasteiger partial charge in [0.05, 0.1) is 4.90 Å². The summed E-state index contributed by atoms with van der Waals surface area (Å²) >= 11 is 6.70. The SMILES string of the molecule is C[C@@H]1CCC[C@H](C)N1S(=O)(=O)c1ccc(Br)cc1Br. The number of nitrogens with zero attached hydrogens (tertiary/aromatic N) is 1. The average Bonchev–Trinajstić information content (AvgIpc) is 2.27. The molecule has 1 aromatic rings. The van der Waals surface area contributed by atoms with Crippen LogP contribution in [0.5, 0.6) is 0 Å². The third-order valence-electron chi connectivity index (χ3n) is 3.56.